The van der Waals surface area contributed by atoms with Gasteiger partial charge in [-0.25, -0.2) is 4.39 Å². The maximum Gasteiger partial charge on any atom is 0.123 e. The lowest BCUT2D eigenvalue weighted by molar-refractivity contribution is 0.0267. The fourth-order valence-electron chi connectivity index (χ4n) is 2.38. The molecular formula is C14H20FNO2. The summed E-state index contributed by atoms with van der Waals surface area (Å²) in [6.45, 7) is 2.34. The van der Waals surface area contributed by atoms with E-state index < -0.39 is 0 Å². The van der Waals surface area contributed by atoms with Gasteiger partial charge < -0.3 is 15.2 Å². The van der Waals surface area contributed by atoms with Crippen LogP contribution in [0.3, 0.4) is 0 Å². The summed E-state index contributed by atoms with van der Waals surface area (Å²) in [5.41, 5.74) is 1.02. The largest absolute Gasteiger partial charge is 0.396 e. The van der Waals surface area contributed by atoms with Crippen molar-refractivity contribution in [2.24, 2.45) is 0 Å². The van der Waals surface area contributed by atoms with Crippen LogP contribution in [0.5, 0.6) is 0 Å². The molecule has 2 N–H and O–H groups in total. The zero-order chi connectivity index (χ0) is 12.8. The van der Waals surface area contributed by atoms with Crippen LogP contribution in [-0.2, 0) is 11.3 Å². The summed E-state index contributed by atoms with van der Waals surface area (Å²) in [5.74, 6) is -0.213. The van der Waals surface area contributed by atoms with Gasteiger partial charge in [-0.3, -0.25) is 0 Å². The molecule has 1 saturated heterocycles. The Morgan fingerprint density at radius 2 is 1.89 bits per heavy atom. The van der Waals surface area contributed by atoms with Crippen LogP contribution in [0.1, 0.15) is 24.8 Å². The first kappa shape index (κ1) is 13.5. The first-order chi connectivity index (χ1) is 8.74. The first-order valence-electron chi connectivity index (χ1n) is 6.42. The summed E-state index contributed by atoms with van der Waals surface area (Å²) < 4.78 is 18.2. The molecule has 0 saturated carbocycles. The van der Waals surface area contributed by atoms with E-state index in [0.717, 1.165) is 38.0 Å². The minimum absolute atomic E-state index is 0.0403. The average molecular weight is 253 g/mol. The van der Waals surface area contributed by atoms with E-state index >= 15 is 0 Å². The molecule has 0 radical (unpaired) electrons. The predicted octanol–water partition coefficient (Wildman–Crippen LogP) is 1.85. The Bertz CT molecular complexity index is 355. The van der Waals surface area contributed by atoms with Crippen molar-refractivity contribution >= 4 is 0 Å². The zero-order valence-electron chi connectivity index (χ0n) is 10.5. The lowest BCUT2D eigenvalue weighted by atomic mass is 9.86. The first-order valence-corrected chi connectivity index (χ1v) is 6.42. The second-order valence-corrected chi connectivity index (χ2v) is 4.85. The van der Waals surface area contributed by atoms with Crippen molar-refractivity contribution in [3.8, 4) is 0 Å². The second-order valence-electron chi connectivity index (χ2n) is 4.85. The monoisotopic (exact) mass is 253 g/mol. The Kier molecular flexibility index (Phi) is 4.69. The molecule has 18 heavy (non-hydrogen) atoms. The zero-order valence-corrected chi connectivity index (χ0v) is 10.5. The van der Waals surface area contributed by atoms with Gasteiger partial charge in [0.05, 0.1) is 0 Å². The predicted molar refractivity (Wildman–Crippen MR) is 67.7 cm³/mol. The number of aliphatic hydroxyl groups excluding tert-OH is 1. The highest BCUT2D eigenvalue weighted by molar-refractivity contribution is 5.16. The van der Waals surface area contributed by atoms with Crippen LogP contribution in [0, 0.1) is 5.82 Å². The van der Waals surface area contributed by atoms with Gasteiger partial charge in [0.15, 0.2) is 0 Å². The summed E-state index contributed by atoms with van der Waals surface area (Å²) in [6, 6.07) is 6.52. The smallest absolute Gasteiger partial charge is 0.123 e. The van der Waals surface area contributed by atoms with E-state index in [0.29, 0.717) is 6.54 Å². The molecule has 0 atom stereocenters. The number of nitrogens with one attached hydrogen (secondary N) is 1. The lowest BCUT2D eigenvalue weighted by Gasteiger charge is -2.38. The number of rotatable bonds is 5. The van der Waals surface area contributed by atoms with Crippen LogP contribution < -0.4 is 5.32 Å². The Labute approximate surface area is 107 Å². The van der Waals surface area contributed by atoms with Crippen LogP contribution >= 0.6 is 0 Å². The number of hydrogen-bond donors (Lipinski definition) is 2. The summed E-state index contributed by atoms with van der Waals surface area (Å²) >= 11 is 0. The highest BCUT2D eigenvalue weighted by atomic mass is 19.1. The number of hydrogen-bond acceptors (Lipinski definition) is 3. The molecule has 1 heterocycles. The summed E-state index contributed by atoms with van der Waals surface area (Å²) in [7, 11) is 0. The Morgan fingerprint density at radius 3 is 2.50 bits per heavy atom. The standard InChI is InChI=1S/C14H20FNO2/c15-13-3-1-12(2-4-13)11-16-14(5-8-17)6-9-18-10-7-14/h1-4,16-17H,5-11H2. The Hall–Kier alpha value is -0.970. The van der Waals surface area contributed by atoms with Gasteiger partial charge in [0.1, 0.15) is 5.82 Å². The van der Waals surface area contributed by atoms with Crippen molar-refractivity contribution in [1.29, 1.82) is 0 Å². The maximum absolute atomic E-state index is 12.8. The van der Waals surface area contributed by atoms with Crippen LogP contribution in [0.25, 0.3) is 0 Å². The molecule has 1 aliphatic heterocycles. The normalized spacial score (nSPS) is 18.8. The summed E-state index contributed by atoms with van der Waals surface area (Å²) in [6.07, 6.45) is 2.56. The third-order valence-electron chi connectivity index (χ3n) is 3.62. The minimum atomic E-state index is -0.213. The van der Waals surface area contributed by atoms with E-state index in [1.165, 1.54) is 12.1 Å². The molecule has 0 amide bonds. The van der Waals surface area contributed by atoms with Gasteiger partial charge in [0, 0.05) is 31.9 Å². The minimum Gasteiger partial charge on any atom is -0.396 e. The van der Waals surface area contributed by atoms with Crippen molar-refractivity contribution < 1.29 is 14.2 Å². The van der Waals surface area contributed by atoms with E-state index in [4.69, 9.17) is 4.74 Å². The van der Waals surface area contributed by atoms with Gasteiger partial charge in [-0.1, -0.05) is 12.1 Å². The highest BCUT2D eigenvalue weighted by Gasteiger charge is 2.31. The van der Waals surface area contributed by atoms with Crippen molar-refractivity contribution in [3.05, 3.63) is 35.6 Å². The number of halogens is 1. The SMILES string of the molecule is OCCC1(NCc2ccc(F)cc2)CCOCC1. The van der Waals surface area contributed by atoms with E-state index in [-0.39, 0.29) is 18.0 Å². The Balaban J connectivity index is 1.94. The molecule has 2 rings (SSSR count). The van der Waals surface area contributed by atoms with Gasteiger partial charge >= 0.3 is 0 Å². The van der Waals surface area contributed by atoms with Gasteiger partial charge in [0.25, 0.3) is 0 Å². The van der Waals surface area contributed by atoms with Gasteiger partial charge in [-0.2, -0.15) is 0 Å². The van der Waals surface area contributed by atoms with E-state index in [1.54, 1.807) is 12.1 Å². The Morgan fingerprint density at radius 1 is 1.22 bits per heavy atom. The molecule has 1 aliphatic rings. The highest BCUT2D eigenvalue weighted by Crippen LogP contribution is 2.24. The topological polar surface area (TPSA) is 41.5 Å². The summed E-state index contributed by atoms with van der Waals surface area (Å²) in [5, 5.41) is 12.7. The fraction of sp³-hybridized carbons (Fsp3) is 0.571. The van der Waals surface area contributed by atoms with Crippen molar-refractivity contribution in [2.45, 2.75) is 31.3 Å². The van der Waals surface area contributed by atoms with Gasteiger partial charge in [-0.15, -0.1) is 0 Å². The van der Waals surface area contributed by atoms with Gasteiger partial charge in [0.2, 0.25) is 0 Å². The molecule has 3 nitrogen and oxygen atoms in total. The van der Waals surface area contributed by atoms with Crippen LogP contribution in [0.4, 0.5) is 4.39 Å². The number of benzene rings is 1. The van der Waals surface area contributed by atoms with Crippen LogP contribution in [0.2, 0.25) is 0 Å². The lowest BCUT2D eigenvalue weighted by Crippen LogP contribution is -2.49. The molecule has 1 aromatic carbocycles. The second kappa shape index (κ2) is 6.27. The molecule has 0 unspecified atom stereocenters. The maximum atomic E-state index is 12.8. The third kappa shape index (κ3) is 3.51. The molecule has 0 bridgehead atoms. The third-order valence-corrected chi connectivity index (χ3v) is 3.62. The van der Waals surface area contributed by atoms with Crippen LogP contribution in [-0.4, -0.2) is 30.5 Å². The molecule has 0 aromatic heterocycles. The van der Waals surface area contributed by atoms with Gasteiger partial charge in [-0.05, 0) is 37.0 Å². The number of ether oxygens (including phenoxy) is 1. The average Bonchev–Trinajstić information content (AvgIpc) is 2.40. The van der Waals surface area contributed by atoms with Crippen molar-refractivity contribution in [1.82, 2.24) is 5.32 Å². The van der Waals surface area contributed by atoms with Crippen LogP contribution in [0.15, 0.2) is 24.3 Å². The van der Waals surface area contributed by atoms with E-state index in [2.05, 4.69) is 5.32 Å². The quantitative estimate of drug-likeness (QED) is 0.841. The fourth-order valence-corrected chi connectivity index (χ4v) is 2.38. The molecular weight excluding hydrogens is 233 g/mol. The van der Waals surface area contributed by atoms with Crippen molar-refractivity contribution in [2.75, 3.05) is 19.8 Å². The molecule has 1 fully saturated rings. The molecule has 1 aromatic rings. The van der Waals surface area contributed by atoms with E-state index in [9.17, 15) is 9.50 Å². The molecule has 4 heteroatoms. The molecule has 0 aliphatic carbocycles. The molecule has 100 valence electrons. The molecule has 0 spiro atoms. The van der Waals surface area contributed by atoms with E-state index in [1.807, 2.05) is 0 Å². The summed E-state index contributed by atoms with van der Waals surface area (Å²) in [4.78, 5) is 0. The van der Waals surface area contributed by atoms with Crippen molar-refractivity contribution in [3.63, 3.8) is 0 Å². The number of aliphatic hydroxyl groups is 1.